The summed E-state index contributed by atoms with van der Waals surface area (Å²) in [5.74, 6) is -1.15. The summed E-state index contributed by atoms with van der Waals surface area (Å²) in [6.45, 7) is 0. The summed E-state index contributed by atoms with van der Waals surface area (Å²) < 4.78 is 0. The van der Waals surface area contributed by atoms with E-state index in [2.05, 4.69) is 4.98 Å². The van der Waals surface area contributed by atoms with Crippen LogP contribution in [0.4, 0.5) is 0 Å². The average molecular weight is 193 g/mol. The van der Waals surface area contributed by atoms with E-state index in [1.165, 1.54) is 0 Å². The van der Waals surface area contributed by atoms with Crippen molar-refractivity contribution in [3.05, 3.63) is 30.1 Å². The molecule has 74 valence electrons. The molecule has 0 amide bonds. The lowest BCUT2D eigenvalue weighted by Crippen LogP contribution is -2.33. The maximum absolute atomic E-state index is 10.7. The van der Waals surface area contributed by atoms with Gasteiger partial charge in [-0.15, -0.1) is 0 Å². The molecule has 4 heteroatoms. The molecule has 1 fully saturated rings. The third kappa shape index (κ3) is 1.28. The van der Waals surface area contributed by atoms with E-state index < -0.39 is 17.5 Å². The Labute approximate surface area is 81.2 Å². The zero-order chi connectivity index (χ0) is 10.2. The number of hydrogen-bond donors (Lipinski definition) is 2. The van der Waals surface area contributed by atoms with E-state index in [1.54, 1.807) is 24.5 Å². The molecular weight excluding hydrogens is 182 g/mol. The van der Waals surface area contributed by atoms with Gasteiger partial charge in [0.1, 0.15) is 0 Å². The van der Waals surface area contributed by atoms with E-state index in [0.717, 1.165) is 18.4 Å². The standard InChI is InChI=1S/C10H11NO3/c12-8(9(13)14)10(3-4-10)7-1-5-11-6-2-7/h1-2,5-6,8,12H,3-4H2,(H,13,14). The zero-order valence-electron chi connectivity index (χ0n) is 7.55. The van der Waals surface area contributed by atoms with Crippen molar-refractivity contribution in [2.45, 2.75) is 24.4 Å². The average Bonchev–Trinajstić information content (AvgIpc) is 2.99. The van der Waals surface area contributed by atoms with Crippen LogP contribution in [0, 0.1) is 0 Å². The summed E-state index contributed by atoms with van der Waals surface area (Å²) in [5, 5.41) is 18.3. The molecule has 1 aliphatic carbocycles. The molecule has 1 unspecified atom stereocenters. The second-order valence-corrected chi connectivity index (χ2v) is 3.63. The van der Waals surface area contributed by atoms with Gasteiger partial charge in [-0.2, -0.15) is 0 Å². The molecule has 0 aromatic carbocycles. The minimum atomic E-state index is -1.30. The van der Waals surface area contributed by atoms with Crippen molar-refractivity contribution in [1.82, 2.24) is 4.98 Å². The van der Waals surface area contributed by atoms with Gasteiger partial charge in [0.15, 0.2) is 6.10 Å². The van der Waals surface area contributed by atoms with E-state index in [9.17, 15) is 9.90 Å². The summed E-state index contributed by atoms with van der Waals surface area (Å²) in [4.78, 5) is 14.6. The summed E-state index contributed by atoms with van der Waals surface area (Å²) in [6, 6.07) is 3.53. The molecule has 1 saturated carbocycles. The Hall–Kier alpha value is -1.42. The first-order valence-corrected chi connectivity index (χ1v) is 4.48. The number of hydrogen-bond acceptors (Lipinski definition) is 3. The van der Waals surface area contributed by atoms with Gasteiger partial charge in [0.25, 0.3) is 0 Å². The SMILES string of the molecule is O=C(O)C(O)C1(c2ccncc2)CC1. The first kappa shape index (κ1) is 9.15. The normalized spacial score (nSPS) is 20.1. The van der Waals surface area contributed by atoms with Gasteiger partial charge in [-0.25, -0.2) is 4.79 Å². The van der Waals surface area contributed by atoms with Crippen LogP contribution in [0.1, 0.15) is 18.4 Å². The van der Waals surface area contributed by atoms with Gasteiger partial charge in [-0.05, 0) is 30.5 Å². The fraction of sp³-hybridized carbons (Fsp3) is 0.400. The minimum Gasteiger partial charge on any atom is -0.479 e. The molecule has 1 aromatic heterocycles. The van der Waals surface area contributed by atoms with E-state index in [-0.39, 0.29) is 0 Å². The van der Waals surface area contributed by atoms with Crippen molar-refractivity contribution in [3.63, 3.8) is 0 Å². The number of aliphatic carboxylic acids is 1. The van der Waals surface area contributed by atoms with E-state index >= 15 is 0 Å². The number of carbonyl (C=O) groups is 1. The number of aliphatic hydroxyl groups is 1. The first-order valence-electron chi connectivity index (χ1n) is 4.48. The lowest BCUT2D eigenvalue weighted by molar-refractivity contribution is -0.148. The highest BCUT2D eigenvalue weighted by Gasteiger charge is 2.53. The minimum absolute atomic E-state index is 0.561. The molecule has 0 aliphatic heterocycles. The van der Waals surface area contributed by atoms with Gasteiger partial charge < -0.3 is 10.2 Å². The molecule has 0 radical (unpaired) electrons. The van der Waals surface area contributed by atoms with E-state index in [1.807, 2.05) is 0 Å². The zero-order valence-corrected chi connectivity index (χ0v) is 7.55. The Morgan fingerprint density at radius 2 is 2.00 bits per heavy atom. The third-order valence-electron chi connectivity index (χ3n) is 2.80. The van der Waals surface area contributed by atoms with Crippen molar-refractivity contribution in [2.75, 3.05) is 0 Å². The Balaban J connectivity index is 2.30. The van der Waals surface area contributed by atoms with Crippen LogP contribution >= 0.6 is 0 Å². The molecular formula is C10H11NO3. The van der Waals surface area contributed by atoms with Gasteiger partial charge in [0.2, 0.25) is 0 Å². The Kier molecular flexibility index (Phi) is 2.00. The smallest absolute Gasteiger partial charge is 0.333 e. The van der Waals surface area contributed by atoms with Crippen molar-refractivity contribution >= 4 is 5.97 Å². The van der Waals surface area contributed by atoms with Crippen LogP contribution in [0.3, 0.4) is 0 Å². The predicted octanol–water partition coefficient (Wildman–Crippen LogP) is 0.559. The van der Waals surface area contributed by atoms with E-state index in [4.69, 9.17) is 5.11 Å². The van der Waals surface area contributed by atoms with Crippen LogP contribution in [0.2, 0.25) is 0 Å². The van der Waals surface area contributed by atoms with Crippen LogP contribution < -0.4 is 0 Å². The summed E-state index contributed by atoms with van der Waals surface area (Å²) in [6.07, 6.45) is 3.38. The molecule has 0 bridgehead atoms. The highest BCUT2D eigenvalue weighted by molar-refractivity contribution is 5.75. The number of nitrogens with zero attached hydrogens (tertiary/aromatic N) is 1. The summed E-state index contributed by atoms with van der Waals surface area (Å²) >= 11 is 0. The monoisotopic (exact) mass is 193 g/mol. The lowest BCUT2D eigenvalue weighted by Gasteiger charge is -2.18. The number of carboxylic acid groups (broad SMARTS) is 1. The van der Waals surface area contributed by atoms with Crippen LogP contribution in [-0.4, -0.2) is 27.3 Å². The molecule has 0 spiro atoms. The van der Waals surface area contributed by atoms with E-state index in [0.29, 0.717) is 0 Å². The Morgan fingerprint density at radius 1 is 1.43 bits per heavy atom. The van der Waals surface area contributed by atoms with Crippen LogP contribution in [0.25, 0.3) is 0 Å². The fourth-order valence-corrected chi connectivity index (χ4v) is 1.77. The van der Waals surface area contributed by atoms with Crippen molar-refractivity contribution < 1.29 is 15.0 Å². The van der Waals surface area contributed by atoms with Gasteiger partial charge in [-0.1, -0.05) is 0 Å². The van der Waals surface area contributed by atoms with Crippen LogP contribution in [0.5, 0.6) is 0 Å². The molecule has 2 N–H and O–H groups in total. The molecule has 1 aromatic rings. The van der Waals surface area contributed by atoms with Crippen LogP contribution in [-0.2, 0) is 10.2 Å². The Morgan fingerprint density at radius 3 is 2.43 bits per heavy atom. The predicted molar refractivity (Wildman–Crippen MR) is 48.8 cm³/mol. The molecule has 1 heterocycles. The van der Waals surface area contributed by atoms with Gasteiger partial charge >= 0.3 is 5.97 Å². The fourth-order valence-electron chi connectivity index (χ4n) is 1.77. The van der Waals surface area contributed by atoms with Gasteiger partial charge in [0.05, 0.1) is 0 Å². The number of rotatable bonds is 3. The molecule has 4 nitrogen and oxygen atoms in total. The second kappa shape index (κ2) is 3.06. The van der Waals surface area contributed by atoms with Crippen LogP contribution in [0.15, 0.2) is 24.5 Å². The summed E-state index contributed by atoms with van der Waals surface area (Å²) in [7, 11) is 0. The largest absolute Gasteiger partial charge is 0.479 e. The highest BCUT2D eigenvalue weighted by atomic mass is 16.4. The van der Waals surface area contributed by atoms with Gasteiger partial charge in [-0.3, -0.25) is 4.98 Å². The molecule has 14 heavy (non-hydrogen) atoms. The van der Waals surface area contributed by atoms with Gasteiger partial charge in [0, 0.05) is 17.8 Å². The number of carboxylic acids is 1. The topological polar surface area (TPSA) is 70.4 Å². The highest BCUT2D eigenvalue weighted by Crippen LogP contribution is 2.50. The molecule has 2 rings (SSSR count). The third-order valence-corrected chi connectivity index (χ3v) is 2.80. The molecule has 0 saturated heterocycles. The Bertz CT molecular complexity index is 346. The first-order chi connectivity index (χ1) is 6.67. The number of aliphatic hydroxyl groups excluding tert-OH is 1. The molecule has 1 atom stereocenters. The number of pyridine rings is 1. The lowest BCUT2D eigenvalue weighted by atomic mass is 9.91. The molecule has 1 aliphatic rings. The quantitative estimate of drug-likeness (QED) is 0.735. The van der Waals surface area contributed by atoms with Crippen molar-refractivity contribution in [2.24, 2.45) is 0 Å². The van der Waals surface area contributed by atoms with Crippen molar-refractivity contribution in [1.29, 1.82) is 0 Å². The summed E-state index contributed by atoms with van der Waals surface area (Å²) in [5.41, 5.74) is 0.303. The second-order valence-electron chi connectivity index (χ2n) is 3.63. The number of aromatic nitrogens is 1. The maximum Gasteiger partial charge on any atom is 0.333 e. The maximum atomic E-state index is 10.7. The van der Waals surface area contributed by atoms with Crippen molar-refractivity contribution in [3.8, 4) is 0 Å².